The van der Waals surface area contributed by atoms with Gasteiger partial charge in [-0.1, -0.05) is 29.3 Å². The van der Waals surface area contributed by atoms with Crippen molar-refractivity contribution in [3.8, 4) is 0 Å². The number of hydrogen-bond acceptors (Lipinski definition) is 5. The van der Waals surface area contributed by atoms with E-state index in [1.807, 2.05) is 4.72 Å². The molecule has 0 fully saturated rings. The summed E-state index contributed by atoms with van der Waals surface area (Å²) in [6.07, 6.45) is 4.77. The molecule has 2 amide bonds. The van der Waals surface area contributed by atoms with Gasteiger partial charge in [-0.25, -0.2) is 22.3 Å². The summed E-state index contributed by atoms with van der Waals surface area (Å²) >= 11 is 12.3. The minimum atomic E-state index is -4.15. The highest BCUT2D eigenvalue weighted by atomic mass is 35.5. The van der Waals surface area contributed by atoms with Gasteiger partial charge >= 0.3 is 6.03 Å². The minimum absolute atomic E-state index is 0.129. The highest BCUT2D eigenvalue weighted by molar-refractivity contribution is 7.90. The van der Waals surface area contributed by atoms with Crippen LogP contribution < -0.4 is 10.0 Å². The molecule has 1 aliphatic carbocycles. The van der Waals surface area contributed by atoms with Crippen molar-refractivity contribution < 1.29 is 17.6 Å². The Morgan fingerprint density at radius 3 is 2.66 bits per heavy atom. The van der Waals surface area contributed by atoms with Crippen LogP contribution in [-0.4, -0.2) is 40.6 Å². The van der Waals surface area contributed by atoms with Crippen LogP contribution in [0, 0.1) is 6.92 Å². The van der Waals surface area contributed by atoms with Crippen molar-refractivity contribution in [2.24, 2.45) is 7.05 Å². The third-order valence-electron chi connectivity index (χ3n) is 5.85. The van der Waals surface area contributed by atoms with Crippen molar-refractivity contribution in [2.45, 2.75) is 37.6 Å². The smallest absolute Gasteiger partial charge is 0.329 e. The maximum atomic E-state index is 15.3. The molecule has 35 heavy (non-hydrogen) atoms. The molecule has 4 rings (SSSR count). The first-order valence-electron chi connectivity index (χ1n) is 10.7. The second kappa shape index (κ2) is 10.00. The van der Waals surface area contributed by atoms with Gasteiger partial charge < -0.3 is 5.32 Å². The summed E-state index contributed by atoms with van der Waals surface area (Å²) in [7, 11) is -2.57. The minimum Gasteiger partial charge on any atom is -0.331 e. The number of carbonyl (C=O) groups is 1. The summed E-state index contributed by atoms with van der Waals surface area (Å²) in [5.41, 5.74) is 3.09. The quantitative estimate of drug-likeness (QED) is 0.491. The first-order chi connectivity index (χ1) is 16.6. The molecule has 0 saturated carbocycles. The van der Waals surface area contributed by atoms with Gasteiger partial charge in [0.2, 0.25) is 0 Å². The van der Waals surface area contributed by atoms with Gasteiger partial charge in [-0.05, 0) is 49.4 Å². The second-order valence-electron chi connectivity index (χ2n) is 8.15. The summed E-state index contributed by atoms with van der Waals surface area (Å²) in [6, 6.07) is 4.11. The van der Waals surface area contributed by atoms with Crippen LogP contribution in [0.15, 0.2) is 41.3 Å². The molecule has 1 aliphatic rings. The number of benzene rings is 1. The molecule has 186 valence electrons. The number of hydrogen-bond donors (Lipinski definition) is 2. The van der Waals surface area contributed by atoms with Crippen LogP contribution in [-0.2, 0) is 30.0 Å². The number of amides is 2. The van der Waals surface area contributed by atoms with Crippen LogP contribution in [0.2, 0.25) is 10.0 Å². The maximum Gasteiger partial charge on any atom is 0.329 e. The van der Waals surface area contributed by atoms with Gasteiger partial charge in [-0.15, -0.1) is 0 Å². The SMILES string of the molecule is Cc1c(S(=O)(=O)NC(=O)NC/C(F)=C2\CCCc3cnn(Cc4ccc(Cl)cc4Cl)c32)cnn1C. The van der Waals surface area contributed by atoms with Crippen LogP contribution in [0.5, 0.6) is 0 Å². The van der Waals surface area contributed by atoms with E-state index in [1.165, 1.54) is 4.68 Å². The lowest BCUT2D eigenvalue weighted by molar-refractivity contribution is 0.246. The number of rotatable bonds is 6. The van der Waals surface area contributed by atoms with Crippen molar-refractivity contribution in [1.82, 2.24) is 29.6 Å². The summed E-state index contributed by atoms with van der Waals surface area (Å²) in [5, 5.41) is 11.6. The Balaban J connectivity index is 1.50. The number of nitrogens with one attached hydrogen (secondary N) is 2. The normalized spacial score (nSPS) is 15.0. The molecule has 2 aromatic heterocycles. The van der Waals surface area contributed by atoms with E-state index in [-0.39, 0.29) is 4.90 Å². The fourth-order valence-corrected chi connectivity index (χ4v) is 5.55. The summed E-state index contributed by atoms with van der Waals surface area (Å²) in [6.45, 7) is 1.40. The highest BCUT2D eigenvalue weighted by Gasteiger charge is 2.25. The van der Waals surface area contributed by atoms with Gasteiger partial charge in [0.1, 0.15) is 10.7 Å². The molecule has 3 aromatic rings. The number of sulfonamides is 1. The number of urea groups is 1. The number of aryl methyl sites for hydroxylation is 2. The molecule has 2 N–H and O–H groups in total. The number of nitrogens with zero attached hydrogens (tertiary/aromatic N) is 4. The van der Waals surface area contributed by atoms with Gasteiger partial charge in [-0.2, -0.15) is 10.2 Å². The van der Waals surface area contributed by atoms with Crippen LogP contribution in [0.1, 0.15) is 35.4 Å². The topological polar surface area (TPSA) is 111 Å². The van der Waals surface area contributed by atoms with E-state index >= 15 is 4.39 Å². The van der Waals surface area contributed by atoms with Gasteiger partial charge in [0.05, 0.1) is 36.9 Å². The van der Waals surface area contributed by atoms with Gasteiger partial charge in [0.25, 0.3) is 10.0 Å². The first kappa shape index (κ1) is 25.2. The monoisotopic (exact) mass is 540 g/mol. The first-order valence-corrected chi connectivity index (χ1v) is 13.0. The number of carbonyl (C=O) groups excluding carboxylic acids is 1. The molecule has 2 heterocycles. The van der Waals surface area contributed by atoms with Crippen molar-refractivity contribution in [1.29, 1.82) is 0 Å². The molecule has 1 aromatic carbocycles. The number of fused-ring (bicyclic) bond motifs is 1. The fourth-order valence-electron chi connectivity index (χ4n) is 3.95. The van der Waals surface area contributed by atoms with Crippen LogP contribution in [0.25, 0.3) is 5.57 Å². The molecule has 0 aliphatic heterocycles. The lowest BCUT2D eigenvalue weighted by Crippen LogP contribution is -2.40. The average molecular weight is 541 g/mol. The zero-order valence-corrected chi connectivity index (χ0v) is 21.3. The van der Waals surface area contributed by atoms with E-state index in [0.29, 0.717) is 40.0 Å². The van der Waals surface area contributed by atoms with Gasteiger partial charge in [-0.3, -0.25) is 9.36 Å². The zero-order chi connectivity index (χ0) is 25.3. The average Bonchev–Trinajstić information content (AvgIpc) is 3.37. The largest absolute Gasteiger partial charge is 0.331 e. The molecular formula is C22H23Cl2FN6O3S. The second-order valence-corrected chi connectivity index (χ2v) is 10.6. The van der Waals surface area contributed by atoms with E-state index in [2.05, 4.69) is 15.5 Å². The van der Waals surface area contributed by atoms with E-state index < -0.39 is 28.4 Å². The summed E-state index contributed by atoms with van der Waals surface area (Å²) in [5.74, 6) is -0.569. The molecular weight excluding hydrogens is 518 g/mol. The Labute approximate surface area is 212 Å². The van der Waals surface area contributed by atoms with Crippen molar-refractivity contribution in [2.75, 3.05) is 6.54 Å². The van der Waals surface area contributed by atoms with Crippen molar-refractivity contribution in [3.05, 3.63) is 69.0 Å². The molecule has 0 radical (unpaired) electrons. The predicted molar refractivity (Wildman–Crippen MR) is 130 cm³/mol. The Morgan fingerprint density at radius 2 is 1.97 bits per heavy atom. The Kier molecular flexibility index (Phi) is 7.20. The molecule has 0 bridgehead atoms. The Morgan fingerprint density at radius 1 is 1.20 bits per heavy atom. The summed E-state index contributed by atoms with van der Waals surface area (Å²) < 4.78 is 45.1. The Hall–Kier alpha value is -2.89. The number of aromatic nitrogens is 4. The van der Waals surface area contributed by atoms with Crippen LogP contribution >= 0.6 is 23.2 Å². The predicted octanol–water partition coefficient (Wildman–Crippen LogP) is 3.99. The van der Waals surface area contributed by atoms with Crippen molar-refractivity contribution >= 4 is 44.8 Å². The maximum absolute atomic E-state index is 15.3. The standard InChI is InChI=1S/C22H23Cl2FN6O3S/c1-13-20(11-27-30(13)2)35(33,34)29-22(32)26-10-19(25)17-5-3-4-14-9-28-31(21(14)17)12-15-6-7-16(23)8-18(15)24/h6-9,11H,3-5,10,12H2,1-2H3,(H2,26,29,32)/b19-17-. The third kappa shape index (κ3) is 5.36. The van der Waals surface area contributed by atoms with E-state index in [1.54, 1.807) is 43.0 Å². The lowest BCUT2D eigenvalue weighted by atomic mass is 9.92. The lowest BCUT2D eigenvalue weighted by Gasteiger charge is -2.19. The Bertz CT molecular complexity index is 1430. The fraction of sp³-hybridized carbons (Fsp3) is 0.318. The van der Waals surface area contributed by atoms with Crippen LogP contribution in [0.3, 0.4) is 0 Å². The third-order valence-corrected chi connectivity index (χ3v) is 7.87. The number of halogens is 3. The highest BCUT2D eigenvalue weighted by Crippen LogP contribution is 2.34. The molecule has 0 saturated heterocycles. The molecule has 0 atom stereocenters. The number of allylic oxidation sites excluding steroid dienone is 1. The van der Waals surface area contributed by atoms with Crippen LogP contribution in [0.4, 0.5) is 9.18 Å². The summed E-state index contributed by atoms with van der Waals surface area (Å²) in [4.78, 5) is 12.1. The van der Waals surface area contributed by atoms with E-state index in [4.69, 9.17) is 23.2 Å². The van der Waals surface area contributed by atoms with Gasteiger partial charge in [0.15, 0.2) is 0 Å². The van der Waals surface area contributed by atoms with E-state index in [9.17, 15) is 13.2 Å². The zero-order valence-electron chi connectivity index (χ0n) is 19.0. The molecule has 13 heteroatoms. The van der Waals surface area contributed by atoms with Gasteiger partial charge in [0, 0.05) is 22.7 Å². The van der Waals surface area contributed by atoms with E-state index in [0.717, 1.165) is 30.2 Å². The van der Waals surface area contributed by atoms with Crippen molar-refractivity contribution in [3.63, 3.8) is 0 Å². The molecule has 9 nitrogen and oxygen atoms in total. The molecule has 0 spiro atoms. The molecule has 0 unspecified atom stereocenters.